The first-order valence-electron chi connectivity index (χ1n) is 8.32. The molecule has 5 nitrogen and oxygen atoms in total. The molecule has 23 heavy (non-hydrogen) atoms. The van der Waals surface area contributed by atoms with Crippen molar-refractivity contribution in [3.8, 4) is 0 Å². The van der Waals surface area contributed by atoms with Gasteiger partial charge in [-0.25, -0.2) is 4.79 Å². The number of nitrogens with zero attached hydrogens (tertiary/aromatic N) is 1. The normalized spacial score (nSPS) is 18.0. The number of carboxylic acids is 1. The van der Waals surface area contributed by atoms with Gasteiger partial charge in [-0.15, -0.1) is 0 Å². The fourth-order valence-corrected chi connectivity index (χ4v) is 2.91. The maximum atomic E-state index is 11.9. The maximum Gasteiger partial charge on any atom is 0.338 e. The van der Waals surface area contributed by atoms with Gasteiger partial charge in [-0.3, -0.25) is 9.69 Å². The first kappa shape index (κ1) is 17.5. The summed E-state index contributed by atoms with van der Waals surface area (Å²) in [4.78, 5) is 25.0. The van der Waals surface area contributed by atoms with E-state index < -0.39 is 5.97 Å². The van der Waals surface area contributed by atoms with Gasteiger partial charge in [0.25, 0.3) is 0 Å². The molecule has 2 rings (SSSR count). The van der Waals surface area contributed by atoms with Crippen LogP contribution in [-0.2, 0) is 16.1 Å². The van der Waals surface area contributed by atoms with E-state index >= 15 is 0 Å². The Morgan fingerprint density at radius 2 is 2.04 bits per heavy atom. The van der Waals surface area contributed by atoms with Crippen LogP contribution < -0.4 is 0 Å². The molecule has 1 aliphatic rings. The minimum atomic E-state index is -0.743. The van der Waals surface area contributed by atoms with Gasteiger partial charge < -0.3 is 9.84 Å². The van der Waals surface area contributed by atoms with Crippen molar-refractivity contribution >= 4 is 11.9 Å². The largest absolute Gasteiger partial charge is 0.481 e. The van der Waals surface area contributed by atoms with Crippen molar-refractivity contribution in [1.82, 2.24) is 4.90 Å². The van der Waals surface area contributed by atoms with Crippen LogP contribution in [0.1, 0.15) is 54.9 Å². The Morgan fingerprint density at radius 3 is 2.70 bits per heavy atom. The predicted octanol–water partition coefficient (Wildman–Crippen LogP) is 3.08. The highest BCUT2D eigenvalue weighted by molar-refractivity contribution is 5.89. The molecular formula is C18H25NO4. The molecule has 0 amide bonds. The molecule has 1 heterocycles. The molecule has 1 saturated heterocycles. The SMILES string of the molecule is CCCCOC(=O)c1ccc(CN2CCCC2CC(=O)O)cc1. The summed E-state index contributed by atoms with van der Waals surface area (Å²) in [5.74, 6) is -1.03. The summed E-state index contributed by atoms with van der Waals surface area (Å²) in [6.07, 6.45) is 4.05. The second kappa shape index (κ2) is 8.67. The summed E-state index contributed by atoms with van der Waals surface area (Å²) < 4.78 is 5.19. The molecule has 1 atom stereocenters. The maximum absolute atomic E-state index is 11.9. The molecule has 0 radical (unpaired) electrons. The average Bonchev–Trinajstić information content (AvgIpc) is 2.94. The van der Waals surface area contributed by atoms with Crippen molar-refractivity contribution in [3.63, 3.8) is 0 Å². The highest BCUT2D eigenvalue weighted by Gasteiger charge is 2.26. The number of carboxylic acid groups (broad SMARTS) is 1. The molecule has 0 saturated carbocycles. The summed E-state index contributed by atoms with van der Waals surface area (Å²) in [6.45, 7) is 4.17. The second-order valence-corrected chi connectivity index (χ2v) is 6.05. The van der Waals surface area contributed by atoms with Crippen molar-refractivity contribution in [2.24, 2.45) is 0 Å². The van der Waals surface area contributed by atoms with E-state index in [4.69, 9.17) is 9.84 Å². The molecule has 0 aromatic heterocycles. The lowest BCUT2D eigenvalue weighted by atomic mass is 10.1. The van der Waals surface area contributed by atoms with Gasteiger partial charge in [-0.2, -0.15) is 0 Å². The first-order chi connectivity index (χ1) is 11.1. The number of rotatable bonds is 8. The van der Waals surface area contributed by atoms with Crippen LogP contribution in [0.15, 0.2) is 24.3 Å². The van der Waals surface area contributed by atoms with Crippen LogP contribution in [0, 0.1) is 0 Å². The fourth-order valence-electron chi connectivity index (χ4n) is 2.91. The minimum Gasteiger partial charge on any atom is -0.481 e. The van der Waals surface area contributed by atoms with Crippen LogP contribution in [0.25, 0.3) is 0 Å². The number of unbranched alkanes of at least 4 members (excludes halogenated alkanes) is 1. The van der Waals surface area contributed by atoms with Gasteiger partial charge in [0.1, 0.15) is 0 Å². The van der Waals surface area contributed by atoms with E-state index in [-0.39, 0.29) is 18.4 Å². The van der Waals surface area contributed by atoms with E-state index in [0.717, 1.165) is 44.3 Å². The molecule has 0 bridgehead atoms. The van der Waals surface area contributed by atoms with Crippen LogP contribution in [0.3, 0.4) is 0 Å². The van der Waals surface area contributed by atoms with E-state index in [1.807, 2.05) is 12.1 Å². The molecule has 1 aromatic carbocycles. The number of aliphatic carboxylic acids is 1. The molecular weight excluding hydrogens is 294 g/mol. The molecule has 1 N–H and O–H groups in total. The van der Waals surface area contributed by atoms with E-state index in [9.17, 15) is 9.59 Å². The Balaban J connectivity index is 1.89. The number of carbonyl (C=O) groups is 2. The summed E-state index contributed by atoms with van der Waals surface area (Å²) in [5, 5.41) is 8.97. The minimum absolute atomic E-state index is 0.117. The van der Waals surface area contributed by atoms with E-state index in [2.05, 4.69) is 11.8 Å². The lowest BCUT2D eigenvalue weighted by Crippen LogP contribution is -2.30. The highest BCUT2D eigenvalue weighted by atomic mass is 16.5. The number of carbonyl (C=O) groups excluding carboxylic acids is 1. The third-order valence-corrected chi connectivity index (χ3v) is 4.22. The lowest BCUT2D eigenvalue weighted by Gasteiger charge is -2.23. The molecule has 1 aliphatic heterocycles. The molecule has 126 valence electrons. The Hall–Kier alpha value is -1.88. The number of ether oxygens (including phenoxy) is 1. The van der Waals surface area contributed by atoms with Crippen molar-refractivity contribution in [2.75, 3.05) is 13.2 Å². The lowest BCUT2D eigenvalue weighted by molar-refractivity contribution is -0.138. The molecule has 1 aromatic rings. The summed E-state index contributed by atoms with van der Waals surface area (Å²) in [7, 11) is 0. The second-order valence-electron chi connectivity index (χ2n) is 6.05. The van der Waals surface area contributed by atoms with Crippen molar-refractivity contribution in [1.29, 1.82) is 0 Å². The summed E-state index contributed by atoms with van der Waals surface area (Å²) in [5.41, 5.74) is 1.65. The van der Waals surface area contributed by atoms with Crippen LogP contribution in [0.2, 0.25) is 0 Å². The van der Waals surface area contributed by atoms with Gasteiger partial charge in [0.2, 0.25) is 0 Å². The third kappa shape index (κ3) is 5.36. The standard InChI is InChI=1S/C18H25NO4/c1-2-3-11-23-18(22)15-8-6-14(7-9-15)13-19-10-4-5-16(19)12-17(20)21/h6-9,16H,2-5,10-13H2,1H3,(H,20,21). The summed E-state index contributed by atoms with van der Waals surface area (Å²) in [6, 6.07) is 7.53. The Kier molecular flexibility index (Phi) is 6.59. The topological polar surface area (TPSA) is 66.8 Å². The zero-order chi connectivity index (χ0) is 16.7. The zero-order valence-electron chi connectivity index (χ0n) is 13.7. The van der Waals surface area contributed by atoms with Crippen molar-refractivity contribution in [3.05, 3.63) is 35.4 Å². The van der Waals surface area contributed by atoms with E-state index in [0.29, 0.717) is 12.2 Å². The smallest absolute Gasteiger partial charge is 0.338 e. The van der Waals surface area contributed by atoms with Gasteiger partial charge in [-0.05, 0) is 43.5 Å². The number of likely N-dealkylation sites (tertiary alicyclic amines) is 1. The number of hydrogen-bond donors (Lipinski definition) is 1. The number of esters is 1. The fraction of sp³-hybridized carbons (Fsp3) is 0.556. The predicted molar refractivity (Wildman–Crippen MR) is 87.3 cm³/mol. The summed E-state index contributed by atoms with van der Waals surface area (Å²) >= 11 is 0. The average molecular weight is 319 g/mol. The Labute approximate surface area is 137 Å². The monoisotopic (exact) mass is 319 g/mol. The molecule has 1 unspecified atom stereocenters. The Bertz CT molecular complexity index is 526. The first-order valence-corrected chi connectivity index (χ1v) is 8.32. The van der Waals surface area contributed by atoms with Gasteiger partial charge in [0, 0.05) is 12.6 Å². The molecule has 5 heteroatoms. The highest BCUT2D eigenvalue weighted by Crippen LogP contribution is 2.22. The van der Waals surface area contributed by atoms with Crippen LogP contribution in [0.4, 0.5) is 0 Å². The third-order valence-electron chi connectivity index (χ3n) is 4.22. The van der Waals surface area contributed by atoms with Gasteiger partial charge >= 0.3 is 11.9 Å². The van der Waals surface area contributed by atoms with Gasteiger partial charge in [0.15, 0.2) is 0 Å². The molecule has 0 aliphatic carbocycles. The molecule has 0 spiro atoms. The quantitative estimate of drug-likeness (QED) is 0.589. The van der Waals surface area contributed by atoms with Crippen molar-refractivity contribution < 1.29 is 19.4 Å². The number of benzene rings is 1. The van der Waals surface area contributed by atoms with Crippen LogP contribution >= 0.6 is 0 Å². The number of hydrogen-bond acceptors (Lipinski definition) is 4. The van der Waals surface area contributed by atoms with Crippen LogP contribution in [-0.4, -0.2) is 41.1 Å². The van der Waals surface area contributed by atoms with Crippen molar-refractivity contribution in [2.45, 2.75) is 51.6 Å². The molecule has 1 fully saturated rings. The van der Waals surface area contributed by atoms with Crippen LogP contribution in [0.5, 0.6) is 0 Å². The van der Waals surface area contributed by atoms with E-state index in [1.54, 1.807) is 12.1 Å². The van der Waals surface area contributed by atoms with Gasteiger partial charge in [0.05, 0.1) is 18.6 Å². The van der Waals surface area contributed by atoms with Gasteiger partial charge in [-0.1, -0.05) is 25.5 Å². The zero-order valence-corrected chi connectivity index (χ0v) is 13.7. The van der Waals surface area contributed by atoms with E-state index in [1.165, 1.54) is 0 Å². The Morgan fingerprint density at radius 1 is 1.30 bits per heavy atom.